The summed E-state index contributed by atoms with van der Waals surface area (Å²) in [4.78, 5) is 38.2. The standard InChI is InChI=1S/C71H112O6/c1-4-7-10-13-16-19-22-25-27-29-30-31-32-33-34-35-36-37-38-39-40-42-43-46-49-52-55-58-61-64-70(73)76-67-68(66-75-69(72)63-60-57-54-51-48-45-24-21-18-15-12-9-6-3)77-71(74)65-62-59-56-53-50-47-44-41-28-26-23-20-17-14-11-8-5-2/h7-8,10-11,16-17,19-21,24-28,30-31,33-34,36-37,39-40,44,47,53,56,68H,4-6,9,12-15,18,22-23,29,32,35,38,41-43,45-46,48-52,54-55,57-67H2,1-3H3/b10-7-,11-8-,19-16-,20-17-,24-21-,27-25-,28-26-,31-30-,34-33-,37-36-,40-39-,47-44-,56-53-. The summed E-state index contributed by atoms with van der Waals surface area (Å²) in [5.41, 5.74) is 0. The Labute approximate surface area is 473 Å². The molecule has 1 atom stereocenters. The average Bonchev–Trinajstić information content (AvgIpc) is 3.43. The number of esters is 3. The molecule has 0 amide bonds. The Kier molecular flexibility index (Phi) is 59.5. The molecule has 0 bridgehead atoms. The molecule has 6 nitrogen and oxygen atoms in total. The largest absolute Gasteiger partial charge is 0.462 e. The first-order valence-electron chi connectivity index (χ1n) is 31.0. The third-order valence-electron chi connectivity index (χ3n) is 12.5. The zero-order valence-electron chi connectivity index (χ0n) is 49.4. The lowest BCUT2D eigenvalue weighted by atomic mass is 10.1. The minimum absolute atomic E-state index is 0.114. The fraction of sp³-hybridized carbons (Fsp3) is 0.592. The molecule has 0 aliphatic rings. The van der Waals surface area contributed by atoms with E-state index in [9.17, 15) is 14.4 Å². The van der Waals surface area contributed by atoms with Gasteiger partial charge in [0.15, 0.2) is 6.10 Å². The molecule has 0 radical (unpaired) electrons. The Morgan fingerprint density at radius 3 is 0.844 bits per heavy atom. The molecule has 0 N–H and O–H groups in total. The van der Waals surface area contributed by atoms with Gasteiger partial charge < -0.3 is 14.2 Å². The zero-order valence-corrected chi connectivity index (χ0v) is 49.4. The van der Waals surface area contributed by atoms with Crippen LogP contribution in [-0.4, -0.2) is 37.2 Å². The summed E-state index contributed by atoms with van der Waals surface area (Å²) in [6.45, 7) is 6.32. The molecule has 0 saturated heterocycles. The van der Waals surface area contributed by atoms with Gasteiger partial charge in [-0.1, -0.05) is 249 Å². The van der Waals surface area contributed by atoms with Gasteiger partial charge in [-0.15, -0.1) is 0 Å². The van der Waals surface area contributed by atoms with Gasteiger partial charge in [0.2, 0.25) is 0 Å². The van der Waals surface area contributed by atoms with E-state index in [1.165, 1.54) is 64.2 Å². The van der Waals surface area contributed by atoms with Crippen LogP contribution in [-0.2, 0) is 28.6 Å². The monoisotopic (exact) mass is 1060 g/mol. The second-order valence-electron chi connectivity index (χ2n) is 19.8. The lowest BCUT2D eigenvalue weighted by molar-refractivity contribution is -0.167. The number of unbranched alkanes of at least 4 members (excludes halogenated alkanes) is 17. The van der Waals surface area contributed by atoms with Crippen LogP contribution in [0.4, 0.5) is 0 Å². The van der Waals surface area contributed by atoms with Crippen LogP contribution in [0.25, 0.3) is 0 Å². The Morgan fingerprint density at radius 2 is 0.519 bits per heavy atom. The molecule has 0 aromatic carbocycles. The van der Waals surface area contributed by atoms with Crippen LogP contribution in [0.2, 0.25) is 0 Å². The number of carbonyl (C=O) groups excluding carboxylic acids is 3. The third-order valence-corrected chi connectivity index (χ3v) is 12.5. The number of hydrogen-bond acceptors (Lipinski definition) is 6. The van der Waals surface area contributed by atoms with Gasteiger partial charge in [0.1, 0.15) is 13.2 Å². The summed E-state index contributed by atoms with van der Waals surface area (Å²) in [6.07, 6.45) is 92.5. The van der Waals surface area contributed by atoms with Crippen LogP contribution < -0.4 is 0 Å². The van der Waals surface area contributed by atoms with E-state index in [4.69, 9.17) is 14.2 Å². The summed E-state index contributed by atoms with van der Waals surface area (Å²) in [5.74, 6) is -0.998. The molecule has 6 heteroatoms. The van der Waals surface area contributed by atoms with E-state index < -0.39 is 6.10 Å². The van der Waals surface area contributed by atoms with Gasteiger partial charge in [-0.3, -0.25) is 14.4 Å². The molecule has 77 heavy (non-hydrogen) atoms. The van der Waals surface area contributed by atoms with E-state index in [1.54, 1.807) is 0 Å². The lowest BCUT2D eigenvalue weighted by Gasteiger charge is -2.18. The SMILES string of the molecule is CC/C=C\C/C=C\C/C=C\C/C=C\C/C=C\C/C=C\C/C=C\CCCCCCCCCC(=O)OCC(COC(=O)CCCCCCC/C=C\CCCCCC)OC(=O)CCC/C=C\C/C=C\C/C=C\C/C=C\C/C=C\CC. The maximum Gasteiger partial charge on any atom is 0.306 e. The lowest BCUT2D eigenvalue weighted by Crippen LogP contribution is -2.30. The topological polar surface area (TPSA) is 78.9 Å². The van der Waals surface area contributed by atoms with Crippen LogP contribution in [0.15, 0.2) is 158 Å². The van der Waals surface area contributed by atoms with E-state index >= 15 is 0 Å². The highest BCUT2D eigenvalue weighted by molar-refractivity contribution is 5.71. The molecule has 1 unspecified atom stereocenters. The molecule has 0 aliphatic heterocycles. The van der Waals surface area contributed by atoms with Crippen LogP contribution in [0.5, 0.6) is 0 Å². The number of rotatable bonds is 54. The molecular weight excluding hydrogens is 949 g/mol. The van der Waals surface area contributed by atoms with E-state index in [-0.39, 0.29) is 37.5 Å². The molecule has 0 saturated carbocycles. The number of ether oxygens (including phenoxy) is 3. The fourth-order valence-electron chi connectivity index (χ4n) is 7.92. The van der Waals surface area contributed by atoms with Gasteiger partial charge in [-0.25, -0.2) is 0 Å². The van der Waals surface area contributed by atoms with Gasteiger partial charge in [0.05, 0.1) is 0 Å². The summed E-state index contributed by atoms with van der Waals surface area (Å²) in [7, 11) is 0. The predicted octanol–water partition coefficient (Wildman–Crippen LogP) is 21.3. The van der Waals surface area contributed by atoms with Crippen molar-refractivity contribution in [2.75, 3.05) is 13.2 Å². The van der Waals surface area contributed by atoms with Crippen molar-refractivity contribution in [2.45, 2.75) is 258 Å². The highest BCUT2D eigenvalue weighted by atomic mass is 16.6. The van der Waals surface area contributed by atoms with Crippen LogP contribution in [0.1, 0.15) is 252 Å². The number of allylic oxidation sites excluding steroid dienone is 26. The normalized spacial score (nSPS) is 13.2. The third kappa shape index (κ3) is 61.8. The average molecular weight is 1060 g/mol. The van der Waals surface area contributed by atoms with Crippen molar-refractivity contribution in [1.82, 2.24) is 0 Å². The first-order valence-corrected chi connectivity index (χ1v) is 31.0. The van der Waals surface area contributed by atoms with Gasteiger partial charge in [0.25, 0.3) is 0 Å². The predicted molar refractivity (Wildman–Crippen MR) is 334 cm³/mol. The molecule has 0 aromatic heterocycles. The van der Waals surface area contributed by atoms with Crippen molar-refractivity contribution in [3.63, 3.8) is 0 Å². The maximum absolute atomic E-state index is 12.9. The molecule has 0 heterocycles. The van der Waals surface area contributed by atoms with Crippen molar-refractivity contribution in [3.8, 4) is 0 Å². The summed E-state index contributed by atoms with van der Waals surface area (Å²) < 4.78 is 16.8. The summed E-state index contributed by atoms with van der Waals surface area (Å²) >= 11 is 0. The van der Waals surface area contributed by atoms with Crippen molar-refractivity contribution in [1.29, 1.82) is 0 Å². The summed E-state index contributed by atoms with van der Waals surface area (Å²) in [5, 5.41) is 0. The molecule has 432 valence electrons. The minimum Gasteiger partial charge on any atom is -0.462 e. The van der Waals surface area contributed by atoms with E-state index in [0.29, 0.717) is 19.3 Å². The molecule has 0 aromatic rings. The van der Waals surface area contributed by atoms with Gasteiger partial charge in [0, 0.05) is 19.3 Å². The first kappa shape index (κ1) is 72.0. The van der Waals surface area contributed by atoms with E-state index in [1.807, 2.05) is 0 Å². The van der Waals surface area contributed by atoms with Crippen LogP contribution in [0.3, 0.4) is 0 Å². The number of carbonyl (C=O) groups is 3. The molecule has 0 rings (SSSR count). The van der Waals surface area contributed by atoms with Crippen molar-refractivity contribution < 1.29 is 28.6 Å². The van der Waals surface area contributed by atoms with Gasteiger partial charge >= 0.3 is 17.9 Å². The summed E-state index contributed by atoms with van der Waals surface area (Å²) in [6, 6.07) is 0. The Hall–Kier alpha value is -4.97. The smallest absolute Gasteiger partial charge is 0.306 e. The van der Waals surface area contributed by atoms with Crippen LogP contribution >= 0.6 is 0 Å². The second-order valence-corrected chi connectivity index (χ2v) is 19.8. The quantitative estimate of drug-likeness (QED) is 0.0261. The van der Waals surface area contributed by atoms with Crippen molar-refractivity contribution in [2.24, 2.45) is 0 Å². The zero-order chi connectivity index (χ0) is 55.7. The Balaban J connectivity index is 4.42. The molecular formula is C71H112O6. The van der Waals surface area contributed by atoms with Crippen molar-refractivity contribution >= 4 is 17.9 Å². The molecule has 0 fully saturated rings. The fourth-order valence-corrected chi connectivity index (χ4v) is 7.92. The minimum atomic E-state index is -0.824. The van der Waals surface area contributed by atoms with Crippen LogP contribution in [0, 0.1) is 0 Å². The van der Waals surface area contributed by atoms with Gasteiger partial charge in [-0.05, 0) is 141 Å². The highest BCUT2D eigenvalue weighted by Crippen LogP contribution is 2.13. The second kappa shape index (κ2) is 63.6. The Morgan fingerprint density at radius 1 is 0.273 bits per heavy atom. The molecule has 0 aliphatic carbocycles. The van der Waals surface area contributed by atoms with Crippen molar-refractivity contribution in [3.05, 3.63) is 158 Å². The van der Waals surface area contributed by atoms with E-state index in [2.05, 4.69) is 179 Å². The maximum atomic E-state index is 12.9. The number of hydrogen-bond donors (Lipinski definition) is 0. The van der Waals surface area contributed by atoms with Gasteiger partial charge in [-0.2, -0.15) is 0 Å². The first-order chi connectivity index (χ1) is 38.0. The highest BCUT2D eigenvalue weighted by Gasteiger charge is 2.19. The Bertz CT molecular complexity index is 1740. The molecule has 0 spiro atoms. The van der Waals surface area contributed by atoms with E-state index in [0.717, 1.165) is 141 Å².